The second-order valence-corrected chi connectivity index (χ2v) is 4.17. The summed E-state index contributed by atoms with van der Waals surface area (Å²) in [5, 5.41) is 0. The first kappa shape index (κ1) is 9.81. The molecule has 0 radical (unpaired) electrons. The van der Waals surface area contributed by atoms with Crippen LogP contribution in [0.25, 0.3) is 0 Å². The van der Waals surface area contributed by atoms with Crippen LogP contribution in [0.4, 0.5) is 17.6 Å². The molecule has 84 valence electrons. The number of hydrogen-bond donors (Lipinski definition) is 0. The van der Waals surface area contributed by atoms with Crippen molar-refractivity contribution in [3.63, 3.8) is 0 Å². The minimum atomic E-state index is -1.82. The SMILES string of the molecule is O=C1[C@@H]2CC[C@@H]1c1c(F)c(F)c(F)c(F)c12. The lowest BCUT2D eigenvalue weighted by Crippen LogP contribution is -2.09. The molecule has 0 unspecified atom stereocenters. The first-order valence-electron chi connectivity index (χ1n) is 4.93. The van der Waals surface area contributed by atoms with Gasteiger partial charge in [-0.3, -0.25) is 4.79 Å². The van der Waals surface area contributed by atoms with Crippen LogP contribution >= 0.6 is 0 Å². The van der Waals surface area contributed by atoms with Crippen molar-refractivity contribution < 1.29 is 22.4 Å². The maximum absolute atomic E-state index is 13.4. The van der Waals surface area contributed by atoms with Crippen molar-refractivity contribution in [2.45, 2.75) is 24.7 Å². The highest BCUT2D eigenvalue weighted by Crippen LogP contribution is 2.52. The maximum Gasteiger partial charge on any atom is 0.197 e. The number of halogens is 4. The molecular weight excluding hydrogens is 224 g/mol. The van der Waals surface area contributed by atoms with Gasteiger partial charge in [-0.2, -0.15) is 0 Å². The average molecular weight is 230 g/mol. The Kier molecular flexibility index (Phi) is 1.74. The van der Waals surface area contributed by atoms with Gasteiger partial charge in [-0.25, -0.2) is 17.6 Å². The van der Waals surface area contributed by atoms with E-state index in [1.54, 1.807) is 0 Å². The molecule has 2 bridgehead atoms. The number of ketones is 1. The number of benzene rings is 1. The van der Waals surface area contributed by atoms with E-state index < -0.39 is 35.1 Å². The van der Waals surface area contributed by atoms with Crippen molar-refractivity contribution in [3.8, 4) is 0 Å². The molecule has 1 aromatic carbocycles. The summed E-state index contributed by atoms with van der Waals surface area (Å²) in [5.74, 6) is -8.36. The van der Waals surface area contributed by atoms with Crippen LogP contribution in [0.15, 0.2) is 0 Å². The summed E-state index contributed by atoms with van der Waals surface area (Å²) in [6.07, 6.45) is 0.774. The minimum Gasteiger partial charge on any atom is -0.298 e. The van der Waals surface area contributed by atoms with Crippen molar-refractivity contribution in [1.29, 1.82) is 0 Å². The van der Waals surface area contributed by atoms with Crippen LogP contribution in [0.1, 0.15) is 35.8 Å². The van der Waals surface area contributed by atoms with Gasteiger partial charge in [-0.1, -0.05) is 0 Å². The molecule has 0 aliphatic heterocycles. The van der Waals surface area contributed by atoms with Crippen LogP contribution < -0.4 is 0 Å². The average Bonchev–Trinajstić information content (AvgIpc) is 2.77. The number of carbonyl (C=O) groups excluding carboxylic acids is 1. The lowest BCUT2D eigenvalue weighted by molar-refractivity contribution is -0.119. The molecule has 16 heavy (non-hydrogen) atoms. The van der Waals surface area contributed by atoms with E-state index in [0.29, 0.717) is 12.8 Å². The number of carbonyl (C=O) groups is 1. The third-order valence-electron chi connectivity index (χ3n) is 3.47. The monoisotopic (exact) mass is 230 g/mol. The molecule has 0 heterocycles. The van der Waals surface area contributed by atoms with Crippen LogP contribution in [0, 0.1) is 23.3 Å². The molecule has 2 atom stereocenters. The smallest absolute Gasteiger partial charge is 0.197 e. The highest BCUT2D eigenvalue weighted by atomic mass is 19.2. The van der Waals surface area contributed by atoms with Gasteiger partial charge in [-0.15, -0.1) is 0 Å². The topological polar surface area (TPSA) is 17.1 Å². The summed E-state index contributed by atoms with van der Waals surface area (Å²) in [4.78, 5) is 11.6. The number of Topliss-reactive ketones (excluding diaryl/α,β-unsaturated/α-hetero) is 1. The van der Waals surface area contributed by atoms with Crippen molar-refractivity contribution in [3.05, 3.63) is 34.4 Å². The van der Waals surface area contributed by atoms with E-state index >= 15 is 0 Å². The largest absolute Gasteiger partial charge is 0.298 e. The summed E-state index contributed by atoms with van der Waals surface area (Å²) in [7, 11) is 0. The molecule has 0 spiro atoms. The Morgan fingerprint density at radius 3 is 1.50 bits per heavy atom. The predicted octanol–water partition coefficient (Wildman–Crippen LogP) is 2.79. The van der Waals surface area contributed by atoms with E-state index in [9.17, 15) is 22.4 Å². The van der Waals surface area contributed by atoms with Crippen molar-refractivity contribution in [2.75, 3.05) is 0 Å². The van der Waals surface area contributed by atoms with Gasteiger partial charge in [0.2, 0.25) is 0 Å². The molecule has 0 amide bonds. The lowest BCUT2D eigenvalue weighted by Gasteiger charge is -2.15. The number of rotatable bonds is 0. The molecule has 2 aliphatic carbocycles. The van der Waals surface area contributed by atoms with Crippen LogP contribution in [-0.2, 0) is 4.79 Å². The van der Waals surface area contributed by atoms with Crippen LogP contribution in [-0.4, -0.2) is 5.78 Å². The Balaban J connectivity index is 2.39. The highest BCUT2D eigenvalue weighted by molar-refractivity contribution is 5.98. The van der Waals surface area contributed by atoms with Gasteiger partial charge in [0.25, 0.3) is 0 Å². The van der Waals surface area contributed by atoms with Gasteiger partial charge in [0.15, 0.2) is 23.3 Å². The zero-order valence-electron chi connectivity index (χ0n) is 7.99. The van der Waals surface area contributed by atoms with Gasteiger partial charge < -0.3 is 0 Å². The number of fused-ring (bicyclic) bond motifs is 5. The summed E-state index contributed by atoms with van der Waals surface area (Å²) < 4.78 is 52.9. The molecule has 1 saturated carbocycles. The van der Waals surface area contributed by atoms with E-state index in [2.05, 4.69) is 0 Å². The molecule has 0 aromatic heterocycles. The first-order chi connectivity index (χ1) is 7.54. The molecule has 1 nitrogen and oxygen atoms in total. The predicted molar refractivity (Wildman–Crippen MR) is 46.0 cm³/mol. The molecule has 2 aliphatic rings. The fraction of sp³-hybridized carbons (Fsp3) is 0.364. The Labute approximate surface area is 88.1 Å². The summed E-state index contributed by atoms with van der Waals surface area (Å²) >= 11 is 0. The van der Waals surface area contributed by atoms with Gasteiger partial charge in [0.05, 0.1) is 0 Å². The van der Waals surface area contributed by atoms with E-state index in [-0.39, 0.29) is 16.9 Å². The van der Waals surface area contributed by atoms with Gasteiger partial charge in [0.1, 0.15) is 5.78 Å². The second-order valence-electron chi connectivity index (χ2n) is 4.17. The molecule has 3 rings (SSSR count). The first-order valence-corrected chi connectivity index (χ1v) is 4.93. The molecule has 0 saturated heterocycles. The summed E-state index contributed by atoms with van der Waals surface area (Å²) in [6, 6.07) is 0. The standard InChI is InChI=1S/C11H6F4O/c12-7-5-3-1-2-4(11(3)16)6(5)8(13)10(15)9(7)14/h3-4H,1-2H2/t3-,4-/m1/s1. The highest BCUT2D eigenvalue weighted by Gasteiger charge is 2.50. The Hall–Kier alpha value is -1.39. The van der Waals surface area contributed by atoms with Crippen molar-refractivity contribution >= 4 is 5.78 Å². The van der Waals surface area contributed by atoms with E-state index in [4.69, 9.17) is 0 Å². The zero-order valence-corrected chi connectivity index (χ0v) is 7.99. The quantitative estimate of drug-likeness (QED) is 0.380. The van der Waals surface area contributed by atoms with Gasteiger partial charge >= 0.3 is 0 Å². The fourth-order valence-electron chi connectivity index (χ4n) is 2.78. The molecular formula is C11H6F4O. The third-order valence-corrected chi connectivity index (χ3v) is 3.47. The van der Waals surface area contributed by atoms with E-state index in [0.717, 1.165) is 0 Å². The molecule has 0 N–H and O–H groups in total. The Morgan fingerprint density at radius 1 is 0.750 bits per heavy atom. The van der Waals surface area contributed by atoms with Gasteiger partial charge in [0, 0.05) is 23.0 Å². The van der Waals surface area contributed by atoms with Crippen LogP contribution in [0.3, 0.4) is 0 Å². The fourth-order valence-corrected chi connectivity index (χ4v) is 2.78. The Bertz CT molecular complexity index is 478. The van der Waals surface area contributed by atoms with Crippen molar-refractivity contribution in [2.24, 2.45) is 0 Å². The summed E-state index contributed by atoms with van der Waals surface area (Å²) in [5.41, 5.74) is -0.532. The van der Waals surface area contributed by atoms with Gasteiger partial charge in [-0.05, 0) is 12.8 Å². The summed E-state index contributed by atoms with van der Waals surface area (Å²) in [6.45, 7) is 0. The molecule has 5 heteroatoms. The van der Waals surface area contributed by atoms with Crippen molar-refractivity contribution in [1.82, 2.24) is 0 Å². The zero-order chi connectivity index (χ0) is 11.6. The second kappa shape index (κ2) is 2.84. The number of hydrogen-bond acceptors (Lipinski definition) is 1. The third kappa shape index (κ3) is 0.894. The molecule has 1 fully saturated rings. The van der Waals surface area contributed by atoms with E-state index in [1.165, 1.54) is 0 Å². The maximum atomic E-state index is 13.4. The normalized spacial score (nSPS) is 26.4. The Morgan fingerprint density at radius 2 is 1.12 bits per heavy atom. The lowest BCUT2D eigenvalue weighted by atomic mass is 9.90. The van der Waals surface area contributed by atoms with E-state index in [1.807, 2.05) is 0 Å². The molecule has 1 aromatic rings. The van der Waals surface area contributed by atoms with Crippen LogP contribution in [0.2, 0.25) is 0 Å². The minimum absolute atomic E-state index is 0.266. The van der Waals surface area contributed by atoms with Crippen LogP contribution in [0.5, 0.6) is 0 Å².